The predicted octanol–water partition coefficient (Wildman–Crippen LogP) is 2.93. The van der Waals surface area contributed by atoms with Crippen LogP contribution in [0, 0.1) is 3.57 Å². The number of sulfonamides is 1. The Bertz CT molecular complexity index is 721. The summed E-state index contributed by atoms with van der Waals surface area (Å²) in [6.45, 7) is 4.28. The molecule has 0 saturated heterocycles. The number of hydrogen-bond donors (Lipinski definition) is 2. The summed E-state index contributed by atoms with van der Waals surface area (Å²) in [5.74, 6) is 0. The van der Waals surface area contributed by atoms with E-state index in [1.54, 1.807) is 24.4 Å². The van der Waals surface area contributed by atoms with E-state index >= 15 is 0 Å². The quantitative estimate of drug-likeness (QED) is 0.732. The number of benzene rings is 1. The number of nitrogens with zero attached hydrogens (tertiary/aromatic N) is 1. The van der Waals surface area contributed by atoms with E-state index in [0.717, 1.165) is 9.26 Å². The van der Waals surface area contributed by atoms with Crippen LogP contribution in [0.3, 0.4) is 0 Å². The lowest BCUT2D eigenvalue weighted by Crippen LogP contribution is -2.12. The van der Waals surface area contributed by atoms with Crippen molar-refractivity contribution in [3.8, 4) is 0 Å². The van der Waals surface area contributed by atoms with Crippen molar-refractivity contribution in [2.45, 2.75) is 31.3 Å². The van der Waals surface area contributed by atoms with Gasteiger partial charge in [-0.15, -0.1) is 0 Å². The largest absolute Gasteiger partial charge is 0.346 e. The second-order valence-corrected chi connectivity index (χ2v) is 7.91. The molecule has 21 heavy (non-hydrogen) atoms. The summed E-state index contributed by atoms with van der Waals surface area (Å²) in [6, 6.07) is 8.96. The summed E-state index contributed by atoms with van der Waals surface area (Å²) in [5, 5.41) is 0. The molecule has 0 aliphatic rings. The first-order chi connectivity index (χ1) is 9.83. The summed E-state index contributed by atoms with van der Waals surface area (Å²) in [7, 11) is -3.60. The van der Waals surface area contributed by atoms with Crippen molar-refractivity contribution in [3.63, 3.8) is 0 Å². The topological polar surface area (TPSA) is 77.1 Å². The standard InChI is InChI=1S/C14H18IN3O2S/c1-10(2)18-9-14(7-13(18)8-16)21(19,20)17-12-5-3-11(15)4-6-12/h3-7,9-10,17H,8,16H2,1-2H3. The third-order valence-corrected chi connectivity index (χ3v) is 5.15. The van der Waals surface area contributed by atoms with Crippen molar-refractivity contribution in [2.75, 3.05) is 4.72 Å². The van der Waals surface area contributed by atoms with Gasteiger partial charge in [-0.1, -0.05) is 0 Å². The molecule has 1 aromatic carbocycles. The molecule has 7 heteroatoms. The SMILES string of the molecule is CC(C)n1cc(S(=O)(=O)Nc2ccc(I)cc2)cc1CN. The van der Waals surface area contributed by atoms with Crippen molar-refractivity contribution in [1.82, 2.24) is 4.57 Å². The Kier molecular flexibility index (Phi) is 4.95. The van der Waals surface area contributed by atoms with Gasteiger partial charge in [0.2, 0.25) is 0 Å². The molecule has 0 amide bonds. The maximum Gasteiger partial charge on any atom is 0.263 e. The summed E-state index contributed by atoms with van der Waals surface area (Å²) in [6.07, 6.45) is 1.63. The van der Waals surface area contributed by atoms with Crippen LogP contribution in [-0.4, -0.2) is 13.0 Å². The summed E-state index contributed by atoms with van der Waals surface area (Å²) in [4.78, 5) is 0.232. The van der Waals surface area contributed by atoms with E-state index in [2.05, 4.69) is 27.3 Å². The smallest absolute Gasteiger partial charge is 0.263 e. The number of anilines is 1. The molecule has 2 aromatic rings. The van der Waals surface area contributed by atoms with Gasteiger partial charge in [-0.2, -0.15) is 0 Å². The van der Waals surface area contributed by atoms with Gasteiger partial charge in [0.05, 0.1) is 0 Å². The Labute approximate surface area is 138 Å². The summed E-state index contributed by atoms with van der Waals surface area (Å²) in [5.41, 5.74) is 7.02. The minimum absolute atomic E-state index is 0.158. The molecule has 3 N–H and O–H groups in total. The van der Waals surface area contributed by atoms with Crippen molar-refractivity contribution >= 4 is 38.3 Å². The average Bonchev–Trinajstić information content (AvgIpc) is 2.86. The zero-order valence-electron chi connectivity index (χ0n) is 11.9. The number of rotatable bonds is 5. The molecule has 0 saturated carbocycles. The van der Waals surface area contributed by atoms with E-state index in [1.807, 2.05) is 30.5 Å². The Morgan fingerprint density at radius 3 is 2.38 bits per heavy atom. The molecular formula is C14H18IN3O2S. The number of aromatic nitrogens is 1. The number of nitrogens with two attached hydrogens (primary N) is 1. The molecule has 0 spiro atoms. The van der Waals surface area contributed by atoms with Crippen LogP contribution in [0.25, 0.3) is 0 Å². The van der Waals surface area contributed by atoms with Gasteiger partial charge in [-0.25, -0.2) is 8.42 Å². The zero-order chi connectivity index (χ0) is 15.6. The molecule has 0 bridgehead atoms. The van der Waals surface area contributed by atoms with Crippen molar-refractivity contribution in [1.29, 1.82) is 0 Å². The first kappa shape index (κ1) is 16.3. The lowest BCUT2D eigenvalue weighted by Gasteiger charge is -2.10. The second kappa shape index (κ2) is 6.37. The van der Waals surface area contributed by atoms with E-state index in [-0.39, 0.29) is 10.9 Å². The third-order valence-electron chi connectivity index (χ3n) is 3.08. The summed E-state index contributed by atoms with van der Waals surface area (Å²) >= 11 is 2.17. The van der Waals surface area contributed by atoms with E-state index in [0.29, 0.717) is 12.2 Å². The van der Waals surface area contributed by atoms with E-state index < -0.39 is 10.0 Å². The first-order valence-corrected chi connectivity index (χ1v) is 9.09. The molecule has 0 aliphatic heterocycles. The van der Waals surface area contributed by atoms with Crippen LogP contribution < -0.4 is 10.5 Å². The highest BCUT2D eigenvalue weighted by molar-refractivity contribution is 14.1. The Morgan fingerprint density at radius 2 is 1.90 bits per heavy atom. The van der Waals surface area contributed by atoms with Crippen LogP contribution in [0.2, 0.25) is 0 Å². The van der Waals surface area contributed by atoms with Crippen LogP contribution >= 0.6 is 22.6 Å². The Balaban J connectivity index is 2.33. The van der Waals surface area contributed by atoms with Gasteiger partial charge >= 0.3 is 0 Å². The lowest BCUT2D eigenvalue weighted by molar-refractivity contribution is 0.573. The molecule has 1 heterocycles. The Morgan fingerprint density at radius 1 is 1.29 bits per heavy atom. The molecule has 5 nitrogen and oxygen atoms in total. The Hall–Kier alpha value is -1.06. The fourth-order valence-corrected chi connectivity index (χ4v) is 3.49. The zero-order valence-corrected chi connectivity index (χ0v) is 14.8. The molecule has 0 fully saturated rings. The van der Waals surface area contributed by atoms with Crippen LogP contribution in [0.5, 0.6) is 0 Å². The highest BCUT2D eigenvalue weighted by atomic mass is 127. The molecule has 0 atom stereocenters. The number of halogens is 1. The van der Waals surface area contributed by atoms with Gasteiger partial charge in [0.25, 0.3) is 10.0 Å². The number of nitrogens with one attached hydrogen (secondary N) is 1. The van der Waals surface area contributed by atoms with Crippen LogP contribution in [0.15, 0.2) is 41.4 Å². The molecular weight excluding hydrogens is 401 g/mol. The molecule has 1 aromatic heterocycles. The monoisotopic (exact) mass is 419 g/mol. The maximum absolute atomic E-state index is 12.4. The first-order valence-electron chi connectivity index (χ1n) is 6.52. The van der Waals surface area contributed by atoms with Crippen molar-refractivity contribution in [3.05, 3.63) is 45.8 Å². The van der Waals surface area contributed by atoms with Gasteiger partial charge in [0.15, 0.2) is 0 Å². The lowest BCUT2D eigenvalue weighted by atomic mass is 10.3. The van der Waals surface area contributed by atoms with Crippen LogP contribution in [0.4, 0.5) is 5.69 Å². The highest BCUT2D eigenvalue weighted by Crippen LogP contribution is 2.21. The summed E-state index contributed by atoms with van der Waals surface area (Å²) < 4.78 is 30.4. The fourth-order valence-electron chi connectivity index (χ4n) is 2.02. The highest BCUT2D eigenvalue weighted by Gasteiger charge is 2.19. The maximum atomic E-state index is 12.4. The predicted molar refractivity (Wildman–Crippen MR) is 92.7 cm³/mol. The molecule has 0 radical (unpaired) electrons. The van der Waals surface area contributed by atoms with E-state index in [9.17, 15) is 8.42 Å². The van der Waals surface area contributed by atoms with Gasteiger partial charge < -0.3 is 10.3 Å². The van der Waals surface area contributed by atoms with E-state index in [1.165, 1.54) is 0 Å². The van der Waals surface area contributed by atoms with Gasteiger partial charge in [0.1, 0.15) is 4.90 Å². The van der Waals surface area contributed by atoms with Gasteiger partial charge in [0, 0.05) is 33.7 Å². The molecule has 114 valence electrons. The normalized spacial score (nSPS) is 11.9. The van der Waals surface area contributed by atoms with Gasteiger partial charge in [-0.3, -0.25) is 4.72 Å². The minimum Gasteiger partial charge on any atom is -0.346 e. The molecule has 2 rings (SSSR count). The average molecular weight is 419 g/mol. The van der Waals surface area contributed by atoms with Crippen LogP contribution in [-0.2, 0) is 16.6 Å². The van der Waals surface area contributed by atoms with E-state index in [4.69, 9.17) is 5.73 Å². The minimum atomic E-state index is -3.60. The second-order valence-electron chi connectivity index (χ2n) is 4.98. The van der Waals surface area contributed by atoms with Gasteiger partial charge in [-0.05, 0) is 66.8 Å². The fraction of sp³-hybridized carbons (Fsp3) is 0.286. The van der Waals surface area contributed by atoms with Crippen molar-refractivity contribution in [2.24, 2.45) is 5.73 Å². The molecule has 0 unspecified atom stereocenters. The third kappa shape index (κ3) is 3.78. The van der Waals surface area contributed by atoms with Crippen molar-refractivity contribution < 1.29 is 8.42 Å². The number of hydrogen-bond acceptors (Lipinski definition) is 3. The molecule has 0 aliphatic carbocycles. The van der Waals surface area contributed by atoms with Crippen LogP contribution in [0.1, 0.15) is 25.6 Å².